The van der Waals surface area contributed by atoms with Crippen molar-refractivity contribution in [2.75, 3.05) is 11.9 Å². The van der Waals surface area contributed by atoms with Crippen LogP contribution in [0.25, 0.3) is 20.8 Å². The molecule has 0 saturated carbocycles. The van der Waals surface area contributed by atoms with Gasteiger partial charge < -0.3 is 9.73 Å². The highest BCUT2D eigenvalue weighted by molar-refractivity contribution is 7.16. The molecule has 0 radical (unpaired) electrons. The second-order valence-corrected chi connectivity index (χ2v) is 6.45. The first kappa shape index (κ1) is 13.4. The molecule has 110 valence electrons. The van der Waals surface area contributed by atoms with Gasteiger partial charge >= 0.3 is 0 Å². The standard InChI is InChI=1S/C15H12N4OS2/c1(11-8-22-14(19-11)10-2-5-20-7-10)4-16-13-12-3-6-21-15(12)18-9-17-13/h2-3,5-9H,1,4H2,(H,16,17,18). The van der Waals surface area contributed by atoms with Gasteiger partial charge in [-0.05, 0) is 17.5 Å². The van der Waals surface area contributed by atoms with Crippen LogP contribution in [0.1, 0.15) is 5.69 Å². The average Bonchev–Trinajstić information content (AvgIpc) is 3.28. The first-order chi connectivity index (χ1) is 10.9. The molecule has 0 aliphatic carbocycles. The van der Waals surface area contributed by atoms with Crippen molar-refractivity contribution in [2.45, 2.75) is 6.42 Å². The number of nitrogens with zero attached hydrogens (tertiary/aromatic N) is 3. The smallest absolute Gasteiger partial charge is 0.138 e. The summed E-state index contributed by atoms with van der Waals surface area (Å²) in [6.07, 6.45) is 5.83. The van der Waals surface area contributed by atoms with Crippen molar-refractivity contribution < 1.29 is 4.42 Å². The number of anilines is 1. The molecule has 22 heavy (non-hydrogen) atoms. The number of hydrogen-bond acceptors (Lipinski definition) is 7. The molecule has 4 aromatic heterocycles. The summed E-state index contributed by atoms with van der Waals surface area (Å²) in [7, 11) is 0. The average molecular weight is 328 g/mol. The van der Waals surface area contributed by atoms with Gasteiger partial charge in [-0.2, -0.15) is 0 Å². The largest absolute Gasteiger partial charge is 0.472 e. The highest BCUT2D eigenvalue weighted by atomic mass is 32.1. The molecule has 5 nitrogen and oxygen atoms in total. The molecular weight excluding hydrogens is 316 g/mol. The number of thiophene rings is 1. The summed E-state index contributed by atoms with van der Waals surface area (Å²) < 4.78 is 5.09. The van der Waals surface area contributed by atoms with Crippen molar-refractivity contribution in [3.8, 4) is 10.6 Å². The predicted molar refractivity (Wildman–Crippen MR) is 89.4 cm³/mol. The summed E-state index contributed by atoms with van der Waals surface area (Å²) in [6, 6.07) is 3.97. The fraction of sp³-hybridized carbons (Fsp3) is 0.133. The van der Waals surface area contributed by atoms with Crippen LogP contribution in [-0.4, -0.2) is 21.5 Å². The zero-order valence-corrected chi connectivity index (χ0v) is 13.2. The molecule has 0 saturated heterocycles. The van der Waals surface area contributed by atoms with Gasteiger partial charge in [0, 0.05) is 23.9 Å². The van der Waals surface area contributed by atoms with Crippen LogP contribution in [-0.2, 0) is 6.42 Å². The van der Waals surface area contributed by atoms with E-state index in [0.717, 1.165) is 45.3 Å². The Morgan fingerprint density at radius 1 is 1.18 bits per heavy atom. The minimum atomic E-state index is 0.788. The van der Waals surface area contributed by atoms with Crippen molar-refractivity contribution in [3.05, 3.63) is 47.4 Å². The third-order valence-electron chi connectivity index (χ3n) is 3.26. The maximum atomic E-state index is 5.09. The SMILES string of the molecule is c1nc(NCCc2csc(-c3ccoc3)n2)c2ccsc2n1. The van der Waals surface area contributed by atoms with E-state index in [1.54, 1.807) is 41.5 Å². The molecule has 0 fully saturated rings. The molecule has 7 heteroatoms. The van der Waals surface area contributed by atoms with Crippen molar-refractivity contribution in [2.24, 2.45) is 0 Å². The van der Waals surface area contributed by atoms with Gasteiger partial charge in [0.25, 0.3) is 0 Å². The molecule has 0 unspecified atom stereocenters. The van der Waals surface area contributed by atoms with Crippen molar-refractivity contribution in [3.63, 3.8) is 0 Å². The lowest BCUT2D eigenvalue weighted by atomic mass is 10.3. The van der Waals surface area contributed by atoms with Gasteiger partial charge in [0.2, 0.25) is 0 Å². The summed E-state index contributed by atoms with van der Waals surface area (Å²) in [4.78, 5) is 14.2. The Hall–Kier alpha value is -2.25. The number of hydrogen-bond donors (Lipinski definition) is 1. The number of aromatic nitrogens is 3. The van der Waals surface area contributed by atoms with Gasteiger partial charge in [-0.1, -0.05) is 0 Å². The second kappa shape index (κ2) is 5.86. The van der Waals surface area contributed by atoms with Crippen molar-refractivity contribution in [1.29, 1.82) is 0 Å². The minimum absolute atomic E-state index is 0.788. The van der Waals surface area contributed by atoms with Gasteiger partial charge in [-0.15, -0.1) is 22.7 Å². The molecule has 0 aromatic carbocycles. The quantitative estimate of drug-likeness (QED) is 0.598. The Balaban J connectivity index is 1.42. The van der Waals surface area contributed by atoms with E-state index < -0.39 is 0 Å². The first-order valence-corrected chi connectivity index (χ1v) is 8.55. The lowest BCUT2D eigenvalue weighted by molar-refractivity contribution is 0.568. The Bertz CT molecular complexity index is 882. The fourth-order valence-electron chi connectivity index (χ4n) is 2.18. The van der Waals surface area contributed by atoms with Gasteiger partial charge in [0.05, 0.1) is 17.3 Å². The lowest BCUT2D eigenvalue weighted by Crippen LogP contribution is -2.06. The summed E-state index contributed by atoms with van der Waals surface area (Å²) in [5, 5.41) is 9.55. The second-order valence-electron chi connectivity index (χ2n) is 4.69. The third kappa shape index (κ3) is 2.60. The highest BCUT2D eigenvalue weighted by Crippen LogP contribution is 2.25. The Morgan fingerprint density at radius 2 is 2.18 bits per heavy atom. The summed E-state index contributed by atoms with van der Waals surface area (Å²) >= 11 is 3.26. The molecule has 0 spiro atoms. The lowest BCUT2D eigenvalue weighted by Gasteiger charge is -2.04. The van der Waals surface area contributed by atoms with Crippen LogP contribution < -0.4 is 5.32 Å². The molecule has 0 aliphatic rings. The summed E-state index contributed by atoms with van der Waals surface area (Å²) in [5.41, 5.74) is 2.10. The van der Waals surface area contributed by atoms with E-state index in [-0.39, 0.29) is 0 Å². The van der Waals surface area contributed by atoms with Gasteiger partial charge in [0.1, 0.15) is 28.2 Å². The molecule has 4 rings (SSSR count). The fourth-order valence-corrected chi connectivity index (χ4v) is 3.75. The number of rotatable bonds is 5. The van der Waals surface area contributed by atoms with Crippen molar-refractivity contribution >= 4 is 38.7 Å². The van der Waals surface area contributed by atoms with E-state index in [0.29, 0.717) is 0 Å². The number of fused-ring (bicyclic) bond motifs is 1. The normalized spacial score (nSPS) is 11.1. The van der Waals surface area contributed by atoms with Crippen LogP contribution in [0.15, 0.2) is 46.2 Å². The van der Waals surface area contributed by atoms with E-state index >= 15 is 0 Å². The van der Waals surface area contributed by atoms with Gasteiger partial charge in [-0.3, -0.25) is 0 Å². The zero-order chi connectivity index (χ0) is 14.8. The Morgan fingerprint density at radius 3 is 3.09 bits per heavy atom. The molecule has 4 aromatic rings. The predicted octanol–water partition coefficient (Wildman–Crippen LogP) is 4.06. The number of nitrogens with one attached hydrogen (secondary N) is 1. The number of thiazole rings is 1. The summed E-state index contributed by atoms with van der Waals surface area (Å²) in [6.45, 7) is 0.788. The van der Waals surface area contributed by atoms with Crippen molar-refractivity contribution in [1.82, 2.24) is 15.0 Å². The molecule has 1 N–H and O–H groups in total. The van der Waals surface area contributed by atoms with E-state index in [1.165, 1.54) is 0 Å². The summed E-state index contributed by atoms with van der Waals surface area (Å²) in [5.74, 6) is 0.886. The maximum Gasteiger partial charge on any atom is 0.138 e. The molecule has 0 bridgehead atoms. The molecular formula is C15H12N4OS2. The van der Waals surface area contributed by atoms with E-state index in [1.807, 2.05) is 17.5 Å². The molecule has 4 heterocycles. The number of furan rings is 1. The monoisotopic (exact) mass is 328 g/mol. The van der Waals surface area contributed by atoms with Crippen LogP contribution in [0.4, 0.5) is 5.82 Å². The van der Waals surface area contributed by atoms with Crippen LogP contribution in [0.5, 0.6) is 0 Å². The van der Waals surface area contributed by atoms with E-state index in [4.69, 9.17) is 4.42 Å². The van der Waals surface area contributed by atoms with Crippen LogP contribution in [0, 0.1) is 0 Å². The van der Waals surface area contributed by atoms with Gasteiger partial charge in [0.15, 0.2) is 0 Å². The Kier molecular flexibility index (Phi) is 3.57. The van der Waals surface area contributed by atoms with Crippen LogP contribution in [0.2, 0.25) is 0 Å². The van der Waals surface area contributed by atoms with E-state index in [9.17, 15) is 0 Å². The van der Waals surface area contributed by atoms with Crippen LogP contribution in [0.3, 0.4) is 0 Å². The maximum absolute atomic E-state index is 5.09. The first-order valence-electron chi connectivity index (χ1n) is 6.79. The molecule has 0 atom stereocenters. The topological polar surface area (TPSA) is 63.8 Å². The van der Waals surface area contributed by atoms with E-state index in [2.05, 4.69) is 25.6 Å². The highest BCUT2D eigenvalue weighted by Gasteiger charge is 2.07. The third-order valence-corrected chi connectivity index (χ3v) is 5.02. The van der Waals surface area contributed by atoms with Crippen LogP contribution >= 0.6 is 22.7 Å². The van der Waals surface area contributed by atoms with Gasteiger partial charge in [-0.25, -0.2) is 15.0 Å². The minimum Gasteiger partial charge on any atom is -0.472 e. The Labute approximate surface area is 134 Å². The molecule has 0 aliphatic heterocycles. The molecule has 0 amide bonds. The zero-order valence-electron chi connectivity index (χ0n) is 11.5.